The van der Waals surface area contributed by atoms with Crippen LogP contribution in [0.5, 0.6) is 0 Å². The van der Waals surface area contributed by atoms with Crippen LogP contribution in [0, 0.1) is 0 Å². The van der Waals surface area contributed by atoms with Crippen LogP contribution in [-0.2, 0) is 24.7 Å². The van der Waals surface area contributed by atoms with E-state index in [2.05, 4.69) is 150 Å². The Bertz CT molecular complexity index is 1000. The molecule has 0 heterocycles. The number of hydrogen-bond acceptors (Lipinski definition) is 6. The molecule has 1 atom stereocenters. The second-order valence-corrected chi connectivity index (χ2v) is 62.9. The van der Waals surface area contributed by atoms with Crippen molar-refractivity contribution in [2.45, 2.75) is 252 Å². The van der Waals surface area contributed by atoms with Gasteiger partial charge in [0.25, 0.3) is 0 Å². The van der Waals surface area contributed by atoms with Crippen LogP contribution in [0.4, 0.5) is 0 Å². The zero-order chi connectivity index (χ0) is 38.3. The summed E-state index contributed by atoms with van der Waals surface area (Å²) in [5, 5.41) is 0. The van der Waals surface area contributed by atoms with Gasteiger partial charge in [-0.1, -0.05) is 84.9 Å². The molecule has 0 saturated heterocycles. The zero-order valence-corrected chi connectivity index (χ0v) is 46.1. The lowest BCUT2D eigenvalue weighted by Crippen LogP contribution is -2.60. The molecule has 0 fully saturated rings. The SMILES string of the molecule is C.C.C.C.C.C.C.C.C=C[Si](C)(C)O[Si](C)(C)CCC[Si](C)(C)O[Si](C)(C)CC[Si](C)(C)O[Si](C)(O[Si](C)(C)C)O[Si](C)(C)CC[Si](C)(C)O[Si](C)(C)CCC. The fourth-order valence-corrected chi connectivity index (χ4v) is 55.2. The second-order valence-electron chi connectivity index (χ2n) is 20.3. The van der Waals surface area contributed by atoms with Crippen molar-refractivity contribution in [3.8, 4) is 0 Å². The first-order chi connectivity index (χ1) is 21.0. The molecule has 0 aromatic rings. The van der Waals surface area contributed by atoms with E-state index in [1.807, 2.05) is 0 Å². The molecule has 16 heteroatoms. The average Bonchev–Trinajstić information content (AvgIpc) is 2.77. The van der Waals surface area contributed by atoms with Crippen molar-refractivity contribution in [1.29, 1.82) is 0 Å². The van der Waals surface area contributed by atoms with Crippen LogP contribution < -0.4 is 0 Å². The third-order valence-electron chi connectivity index (χ3n) is 8.62. The van der Waals surface area contributed by atoms with Crippen LogP contribution in [0.25, 0.3) is 0 Å². The Morgan fingerprint density at radius 1 is 0.339 bits per heavy atom. The van der Waals surface area contributed by atoms with Gasteiger partial charge in [0, 0.05) is 6.55 Å². The summed E-state index contributed by atoms with van der Waals surface area (Å²) in [6, 6.07) is 8.07. The van der Waals surface area contributed by atoms with E-state index in [1.54, 1.807) is 0 Å². The summed E-state index contributed by atoms with van der Waals surface area (Å²) < 4.78 is 42.0. The fourth-order valence-electron chi connectivity index (χ4n) is 6.98. The highest BCUT2D eigenvalue weighted by Crippen LogP contribution is 2.34. The van der Waals surface area contributed by atoms with E-state index >= 15 is 0 Å². The summed E-state index contributed by atoms with van der Waals surface area (Å²) in [6.45, 7) is 53.4. The summed E-state index contributed by atoms with van der Waals surface area (Å²) in [7, 11) is -19.5. The lowest BCUT2D eigenvalue weighted by Gasteiger charge is -2.44. The van der Waals surface area contributed by atoms with Crippen LogP contribution >= 0.6 is 0 Å². The maximum Gasteiger partial charge on any atom is 0.466 e. The third-order valence-corrected chi connectivity index (χ3v) is 45.7. The van der Waals surface area contributed by atoms with Gasteiger partial charge in [-0.15, -0.1) is 6.58 Å². The maximum absolute atomic E-state index is 7.21. The molecule has 0 rings (SSSR count). The van der Waals surface area contributed by atoms with Crippen LogP contribution in [-0.4, -0.2) is 83.7 Å². The minimum atomic E-state index is -2.87. The van der Waals surface area contributed by atoms with Crippen LogP contribution in [0.1, 0.15) is 79.2 Å². The molecule has 1 unspecified atom stereocenters. The molecule has 352 valence electrons. The Labute approximate surface area is 370 Å². The van der Waals surface area contributed by atoms with Gasteiger partial charge in [0.05, 0.1) is 0 Å². The first-order valence-corrected chi connectivity index (χ1v) is 49.3. The van der Waals surface area contributed by atoms with E-state index < -0.39 is 83.7 Å². The highest BCUT2D eigenvalue weighted by atomic mass is 28.5. The molecule has 0 amide bonds. The molecule has 0 spiro atoms. The monoisotopic (exact) mass is 973 g/mol. The van der Waals surface area contributed by atoms with Gasteiger partial charge in [0.1, 0.15) is 0 Å². The number of hydrogen-bond donors (Lipinski definition) is 0. The molecule has 6 nitrogen and oxygen atoms in total. The van der Waals surface area contributed by atoms with E-state index in [1.165, 1.54) is 31.0 Å². The zero-order valence-electron chi connectivity index (χ0n) is 36.1. The van der Waals surface area contributed by atoms with E-state index in [0.29, 0.717) is 0 Å². The van der Waals surface area contributed by atoms with Crippen LogP contribution in [0.15, 0.2) is 12.3 Å². The van der Waals surface area contributed by atoms with Gasteiger partial charge in [0.2, 0.25) is 0 Å². The minimum absolute atomic E-state index is 0. The van der Waals surface area contributed by atoms with Gasteiger partial charge in [-0.3, -0.25) is 0 Å². The summed E-state index contributed by atoms with van der Waals surface area (Å²) in [5.74, 6) is 0. The van der Waals surface area contributed by atoms with Crippen molar-refractivity contribution >= 4 is 83.7 Å². The van der Waals surface area contributed by atoms with E-state index in [0.717, 1.165) is 24.2 Å². The van der Waals surface area contributed by atoms with Gasteiger partial charge in [-0.25, -0.2) is 0 Å². The molecule has 0 aromatic carbocycles. The highest BCUT2D eigenvalue weighted by Gasteiger charge is 2.49. The van der Waals surface area contributed by atoms with Crippen molar-refractivity contribution in [3.05, 3.63) is 12.3 Å². The maximum atomic E-state index is 7.21. The average molecular weight is 974 g/mol. The molecule has 0 radical (unpaired) electrons. The molecule has 0 aliphatic carbocycles. The Morgan fingerprint density at radius 2 is 0.589 bits per heavy atom. The van der Waals surface area contributed by atoms with Crippen molar-refractivity contribution in [2.75, 3.05) is 0 Å². The first kappa shape index (κ1) is 78.2. The fraction of sp³-hybridized carbons (Fsp3) is 0.950. The molecule has 0 N–H and O–H groups in total. The van der Waals surface area contributed by atoms with Crippen LogP contribution in [0.2, 0.25) is 173 Å². The number of rotatable bonds is 25. The normalized spacial score (nSPS) is 13.9. The quantitative estimate of drug-likeness (QED) is 0.0850. The second kappa shape index (κ2) is 29.1. The lowest BCUT2D eigenvalue weighted by molar-refractivity contribution is 0.259. The molecule has 0 aromatic heterocycles. The van der Waals surface area contributed by atoms with Crippen LogP contribution in [0.3, 0.4) is 0 Å². The van der Waals surface area contributed by atoms with E-state index in [4.69, 9.17) is 24.7 Å². The molecule has 0 aliphatic heterocycles. The molecule has 0 bridgehead atoms. The first-order valence-electron chi connectivity index (χ1n) is 18.8. The highest BCUT2D eigenvalue weighted by molar-refractivity contribution is 6.92. The van der Waals surface area contributed by atoms with Crippen molar-refractivity contribution in [1.82, 2.24) is 0 Å². The predicted molar refractivity (Wildman–Crippen MR) is 294 cm³/mol. The molecular formula is C40H116O6Si10. The summed E-state index contributed by atoms with van der Waals surface area (Å²) in [4.78, 5) is 0. The van der Waals surface area contributed by atoms with Gasteiger partial charge in [0.15, 0.2) is 74.9 Å². The molecule has 56 heavy (non-hydrogen) atoms. The van der Waals surface area contributed by atoms with Crippen molar-refractivity contribution in [2.24, 2.45) is 0 Å². The lowest BCUT2D eigenvalue weighted by atomic mass is 10.6. The molecule has 0 aliphatic rings. The summed E-state index contributed by atoms with van der Waals surface area (Å²) >= 11 is 0. The Morgan fingerprint density at radius 3 is 0.857 bits per heavy atom. The Hall–Kier alpha value is 1.67. The Balaban J connectivity index is -0.000000394. The minimum Gasteiger partial charge on any atom is -0.456 e. The predicted octanol–water partition coefficient (Wildman–Crippen LogP) is 17.7. The third kappa shape index (κ3) is 37.4. The van der Waals surface area contributed by atoms with Gasteiger partial charge < -0.3 is 24.7 Å². The Kier molecular flexibility index (Phi) is 40.6. The van der Waals surface area contributed by atoms with E-state index in [9.17, 15) is 0 Å². The topological polar surface area (TPSA) is 55.4 Å². The summed E-state index contributed by atoms with van der Waals surface area (Å²) in [6.07, 6.45) is 2.41. The molecular weight excluding hydrogens is 857 g/mol. The van der Waals surface area contributed by atoms with Gasteiger partial charge in [-0.2, -0.15) is 0 Å². The van der Waals surface area contributed by atoms with Gasteiger partial charge >= 0.3 is 8.80 Å². The van der Waals surface area contributed by atoms with Crippen molar-refractivity contribution in [3.63, 3.8) is 0 Å². The summed E-state index contributed by atoms with van der Waals surface area (Å²) in [5.41, 5.74) is 2.07. The standard InChI is InChI=1S/C32H84O6Si10.8CH4/c1-23-26-41(8,9)35-44(14,15)29-31-46(18,19)37-48(22,33-39(3,4)5)38-47(20,21)32-30-45(16,17)36-43(12,13)28-25-27-42(10,11)34-40(6,7)24-2;;;;;;;;/h24H,2,23,25-32H2,1,3-22H3;8*1H4. The van der Waals surface area contributed by atoms with E-state index in [-0.39, 0.29) is 59.4 Å². The van der Waals surface area contributed by atoms with Crippen molar-refractivity contribution < 1.29 is 24.7 Å². The largest absolute Gasteiger partial charge is 0.466 e. The van der Waals surface area contributed by atoms with Gasteiger partial charge in [-0.05, 0) is 167 Å². The smallest absolute Gasteiger partial charge is 0.456 e. The molecule has 0 saturated carbocycles.